The average molecular weight is 242 g/mol. The molecule has 0 saturated heterocycles. The highest BCUT2D eigenvalue weighted by Gasteiger charge is 2.12. The fourth-order valence-electron chi connectivity index (χ4n) is 1.06. The monoisotopic (exact) mass is 241 g/mol. The highest BCUT2D eigenvalue weighted by Crippen LogP contribution is 2.20. The molecule has 0 atom stereocenters. The maximum atomic E-state index is 11.4. The molecular weight excluding hydrogens is 230 g/mol. The van der Waals surface area contributed by atoms with Crippen LogP contribution in [0.25, 0.3) is 0 Å². The highest BCUT2D eigenvalue weighted by atomic mass is 35.5. The largest absolute Gasteiger partial charge is 0.366 e. The van der Waals surface area contributed by atoms with Crippen LogP contribution in [-0.4, -0.2) is 30.9 Å². The first-order valence-corrected chi connectivity index (χ1v) is 4.87. The van der Waals surface area contributed by atoms with Crippen LogP contribution in [0.15, 0.2) is 18.2 Å². The zero-order valence-corrected chi connectivity index (χ0v) is 9.71. The lowest BCUT2D eigenvalue weighted by Crippen LogP contribution is -2.28. The molecule has 0 radical (unpaired) electrons. The topological polar surface area (TPSA) is 75.4 Å². The molecule has 0 aliphatic rings. The lowest BCUT2D eigenvalue weighted by atomic mass is 10.1. The summed E-state index contributed by atoms with van der Waals surface area (Å²) >= 11 is 5.73. The molecule has 1 aromatic rings. The number of hydrogen-bond donors (Lipinski definition) is 2. The fraction of sp³-hybridized carbons (Fsp3) is 0.200. The van der Waals surface area contributed by atoms with E-state index in [9.17, 15) is 9.59 Å². The molecule has 0 aromatic heterocycles. The first-order valence-electron chi connectivity index (χ1n) is 4.49. The molecule has 0 heterocycles. The van der Waals surface area contributed by atoms with Gasteiger partial charge in [-0.15, -0.1) is 0 Å². The molecule has 3 N–H and O–H groups in total. The number of carbonyl (C=O) groups is 2. The van der Waals surface area contributed by atoms with Gasteiger partial charge in [-0.1, -0.05) is 11.6 Å². The average Bonchev–Trinajstić information content (AvgIpc) is 2.20. The van der Waals surface area contributed by atoms with E-state index in [1.54, 1.807) is 20.2 Å². The van der Waals surface area contributed by atoms with Crippen LogP contribution in [0.3, 0.4) is 0 Å². The van der Waals surface area contributed by atoms with Crippen molar-refractivity contribution in [2.45, 2.75) is 0 Å². The number of urea groups is 1. The Labute approximate surface area is 98.2 Å². The SMILES string of the molecule is CN(C)C(=O)Nc1ccc(Cl)cc1C(N)=O. The summed E-state index contributed by atoms with van der Waals surface area (Å²) in [5, 5.41) is 2.93. The molecule has 16 heavy (non-hydrogen) atoms. The van der Waals surface area contributed by atoms with Gasteiger partial charge in [0.1, 0.15) is 0 Å². The summed E-state index contributed by atoms with van der Waals surface area (Å²) in [5.74, 6) is -0.642. The van der Waals surface area contributed by atoms with Gasteiger partial charge in [0.15, 0.2) is 0 Å². The molecule has 0 aliphatic carbocycles. The van der Waals surface area contributed by atoms with Crippen LogP contribution in [-0.2, 0) is 0 Å². The standard InChI is InChI=1S/C10H12ClN3O2/c1-14(2)10(16)13-8-4-3-6(11)5-7(8)9(12)15/h3-5H,1-2H3,(H2,12,15)(H,13,16). The van der Waals surface area contributed by atoms with Crippen molar-refractivity contribution in [3.8, 4) is 0 Å². The molecule has 0 fully saturated rings. The van der Waals surface area contributed by atoms with Crippen molar-refractivity contribution < 1.29 is 9.59 Å². The minimum Gasteiger partial charge on any atom is -0.366 e. The van der Waals surface area contributed by atoms with Crippen molar-refractivity contribution in [3.63, 3.8) is 0 Å². The Kier molecular flexibility index (Phi) is 3.73. The number of nitrogens with one attached hydrogen (secondary N) is 1. The van der Waals surface area contributed by atoms with Crippen LogP contribution in [0, 0.1) is 0 Å². The molecule has 0 aliphatic heterocycles. The molecule has 1 rings (SSSR count). The first-order chi connectivity index (χ1) is 7.41. The van der Waals surface area contributed by atoms with Gasteiger partial charge in [0, 0.05) is 19.1 Å². The first kappa shape index (κ1) is 12.3. The smallest absolute Gasteiger partial charge is 0.321 e. The van der Waals surface area contributed by atoms with E-state index in [0.717, 1.165) is 0 Å². The van der Waals surface area contributed by atoms with Crippen LogP contribution in [0.2, 0.25) is 5.02 Å². The highest BCUT2D eigenvalue weighted by molar-refractivity contribution is 6.31. The minimum atomic E-state index is -0.642. The summed E-state index contributed by atoms with van der Waals surface area (Å²) in [4.78, 5) is 23.9. The van der Waals surface area contributed by atoms with Gasteiger partial charge in [0.2, 0.25) is 0 Å². The molecule has 6 heteroatoms. The van der Waals surface area contributed by atoms with Crippen LogP contribution < -0.4 is 11.1 Å². The van der Waals surface area contributed by atoms with Crippen molar-refractivity contribution in [3.05, 3.63) is 28.8 Å². The van der Waals surface area contributed by atoms with Crippen LogP contribution in [0.1, 0.15) is 10.4 Å². The van der Waals surface area contributed by atoms with E-state index in [0.29, 0.717) is 10.7 Å². The zero-order valence-electron chi connectivity index (χ0n) is 8.95. The maximum absolute atomic E-state index is 11.4. The van der Waals surface area contributed by atoms with Crippen molar-refractivity contribution in [2.75, 3.05) is 19.4 Å². The Bertz CT molecular complexity index is 432. The maximum Gasteiger partial charge on any atom is 0.321 e. The van der Waals surface area contributed by atoms with Gasteiger partial charge in [-0.3, -0.25) is 4.79 Å². The van der Waals surface area contributed by atoms with Gasteiger partial charge in [-0.25, -0.2) is 4.79 Å². The summed E-state index contributed by atoms with van der Waals surface area (Å²) in [5.41, 5.74) is 5.70. The normalized spacial score (nSPS) is 9.69. The second kappa shape index (κ2) is 4.85. The van der Waals surface area contributed by atoms with E-state index in [2.05, 4.69) is 5.32 Å². The molecular formula is C10H12ClN3O2. The number of nitrogens with zero attached hydrogens (tertiary/aromatic N) is 1. The van der Waals surface area contributed by atoms with Crippen LogP contribution in [0.4, 0.5) is 10.5 Å². The van der Waals surface area contributed by atoms with E-state index in [-0.39, 0.29) is 11.6 Å². The number of anilines is 1. The van der Waals surface area contributed by atoms with Gasteiger partial charge in [0.05, 0.1) is 11.3 Å². The Morgan fingerprint density at radius 3 is 2.50 bits per heavy atom. The van der Waals surface area contributed by atoms with E-state index >= 15 is 0 Å². The van der Waals surface area contributed by atoms with Gasteiger partial charge < -0.3 is 16.0 Å². The Morgan fingerprint density at radius 1 is 1.38 bits per heavy atom. The summed E-state index contributed by atoms with van der Waals surface area (Å²) in [7, 11) is 3.18. The number of hydrogen-bond acceptors (Lipinski definition) is 2. The molecule has 0 saturated carbocycles. The quantitative estimate of drug-likeness (QED) is 0.824. The molecule has 3 amide bonds. The number of rotatable bonds is 2. The Hall–Kier alpha value is -1.75. The summed E-state index contributed by atoms with van der Waals surface area (Å²) in [6.07, 6.45) is 0. The number of benzene rings is 1. The minimum absolute atomic E-state index is 0.183. The van der Waals surface area contributed by atoms with Gasteiger partial charge in [-0.2, -0.15) is 0 Å². The van der Waals surface area contributed by atoms with E-state index in [4.69, 9.17) is 17.3 Å². The zero-order chi connectivity index (χ0) is 12.3. The van der Waals surface area contributed by atoms with Gasteiger partial charge in [0.25, 0.3) is 5.91 Å². The summed E-state index contributed by atoms with van der Waals surface area (Å²) < 4.78 is 0. The van der Waals surface area contributed by atoms with E-state index in [1.807, 2.05) is 0 Å². The van der Waals surface area contributed by atoms with Crippen molar-refractivity contribution in [1.82, 2.24) is 4.90 Å². The molecule has 0 spiro atoms. The van der Waals surface area contributed by atoms with Gasteiger partial charge >= 0.3 is 6.03 Å². The second-order valence-electron chi connectivity index (χ2n) is 3.38. The summed E-state index contributed by atoms with van der Waals surface area (Å²) in [6, 6.07) is 4.17. The van der Waals surface area contributed by atoms with Crippen molar-refractivity contribution in [2.24, 2.45) is 5.73 Å². The molecule has 86 valence electrons. The number of primary amides is 1. The van der Waals surface area contributed by atoms with Gasteiger partial charge in [-0.05, 0) is 18.2 Å². The summed E-state index contributed by atoms with van der Waals surface area (Å²) in [6.45, 7) is 0. The van der Waals surface area contributed by atoms with Crippen LogP contribution in [0.5, 0.6) is 0 Å². The lowest BCUT2D eigenvalue weighted by Gasteiger charge is -2.13. The molecule has 1 aromatic carbocycles. The number of halogens is 1. The Morgan fingerprint density at radius 2 is 2.00 bits per heavy atom. The van der Waals surface area contributed by atoms with Crippen molar-refractivity contribution in [1.29, 1.82) is 0 Å². The third kappa shape index (κ3) is 2.87. The van der Waals surface area contributed by atoms with E-state index < -0.39 is 5.91 Å². The number of nitrogens with two attached hydrogens (primary N) is 1. The van der Waals surface area contributed by atoms with Crippen LogP contribution >= 0.6 is 11.6 Å². The third-order valence-corrected chi connectivity index (χ3v) is 2.13. The fourth-order valence-corrected chi connectivity index (χ4v) is 1.23. The molecule has 0 unspecified atom stereocenters. The Balaban J connectivity index is 3.04. The number of amides is 3. The van der Waals surface area contributed by atoms with Crippen molar-refractivity contribution >= 4 is 29.2 Å². The third-order valence-electron chi connectivity index (χ3n) is 1.89. The second-order valence-corrected chi connectivity index (χ2v) is 3.82. The van der Waals surface area contributed by atoms with E-state index in [1.165, 1.54) is 17.0 Å². The molecule has 5 nitrogen and oxygen atoms in total. The number of carbonyl (C=O) groups excluding carboxylic acids is 2. The predicted molar refractivity (Wildman–Crippen MR) is 62.7 cm³/mol. The molecule has 0 bridgehead atoms. The lowest BCUT2D eigenvalue weighted by molar-refractivity contribution is 0.100. The predicted octanol–water partition coefficient (Wildman–Crippen LogP) is 1.53.